The van der Waals surface area contributed by atoms with Crippen LogP contribution in [0.5, 0.6) is 0 Å². The maximum Gasteiger partial charge on any atom is 0.0834 e. The number of aryl methyl sites for hydroxylation is 1. The summed E-state index contributed by atoms with van der Waals surface area (Å²) in [6, 6.07) is 0.354. The maximum absolute atomic E-state index is 6.37. The van der Waals surface area contributed by atoms with Crippen LogP contribution in [-0.4, -0.2) is 16.3 Å². The van der Waals surface area contributed by atoms with Crippen molar-refractivity contribution in [1.82, 2.24) is 15.1 Å². The Kier molecular flexibility index (Phi) is 5.91. The minimum Gasteiger partial charge on any atom is -0.308 e. The number of hydrogen-bond acceptors (Lipinski definition) is 2. The van der Waals surface area contributed by atoms with Gasteiger partial charge in [0.1, 0.15) is 0 Å². The Morgan fingerprint density at radius 3 is 2.55 bits per heavy atom. The summed E-state index contributed by atoms with van der Waals surface area (Å²) in [4.78, 5) is 0. The lowest BCUT2D eigenvalue weighted by molar-refractivity contribution is 0.213. The number of halogens is 1. The van der Waals surface area contributed by atoms with E-state index in [9.17, 15) is 0 Å². The molecule has 0 amide bonds. The summed E-state index contributed by atoms with van der Waals surface area (Å²) >= 11 is 6.37. The zero-order valence-electron chi connectivity index (χ0n) is 13.0. The van der Waals surface area contributed by atoms with Crippen LogP contribution in [0.1, 0.15) is 64.1 Å². The third-order valence-electron chi connectivity index (χ3n) is 4.79. The molecule has 1 aliphatic carbocycles. The van der Waals surface area contributed by atoms with Crippen LogP contribution in [0.2, 0.25) is 5.02 Å². The van der Waals surface area contributed by atoms with E-state index in [4.69, 9.17) is 11.6 Å². The quantitative estimate of drug-likeness (QED) is 0.847. The Balaban J connectivity index is 2.12. The molecule has 1 N–H and O–H groups in total. The van der Waals surface area contributed by atoms with E-state index in [0.717, 1.165) is 23.9 Å². The summed E-state index contributed by atoms with van der Waals surface area (Å²) in [5, 5.41) is 8.83. The fourth-order valence-corrected chi connectivity index (χ4v) is 3.77. The molecule has 1 aromatic heterocycles. The van der Waals surface area contributed by atoms with E-state index < -0.39 is 0 Å². The molecule has 0 radical (unpaired) electrons. The van der Waals surface area contributed by atoms with Gasteiger partial charge in [0.2, 0.25) is 0 Å². The molecule has 0 aliphatic heterocycles. The van der Waals surface area contributed by atoms with E-state index in [1.807, 2.05) is 11.7 Å². The molecule has 0 saturated heterocycles. The highest BCUT2D eigenvalue weighted by atomic mass is 35.5. The second kappa shape index (κ2) is 7.46. The van der Waals surface area contributed by atoms with Crippen LogP contribution in [0.15, 0.2) is 6.20 Å². The van der Waals surface area contributed by atoms with Gasteiger partial charge in [-0.25, -0.2) is 0 Å². The van der Waals surface area contributed by atoms with E-state index in [0.29, 0.717) is 12.0 Å². The summed E-state index contributed by atoms with van der Waals surface area (Å²) in [6.07, 6.45) is 9.59. The fourth-order valence-electron chi connectivity index (χ4n) is 3.49. The molecule has 1 unspecified atom stereocenters. The van der Waals surface area contributed by atoms with Gasteiger partial charge in [0.25, 0.3) is 0 Å². The van der Waals surface area contributed by atoms with Gasteiger partial charge in [-0.2, -0.15) is 5.10 Å². The van der Waals surface area contributed by atoms with Crippen molar-refractivity contribution in [2.75, 3.05) is 6.54 Å². The number of aromatic nitrogens is 2. The normalized spacial score (nSPS) is 24.8. The molecule has 114 valence electrons. The predicted octanol–water partition coefficient (Wildman–Crippen LogP) is 4.33. The van der Waals surface area contributed by atoms with Crippen LogP contribution in [0.4, 0.5) is 0 Å². The summed E-state index contributed by atoms with van der Waals surface area (Å²) in [5.41, 5.74) is 1.17. The summed E-state index contributed by atoms with van der Waals surface area (Å²) in [6.45, 7) is 5.57. The SMILES string of the molecule is CCCNC(c1c(Cl)cnn1C)C1CCC(CC)CC1. The first-order valence-corrected chi connectivity index (χ1v) is 8.45. The zero-order chi connectivity index (χ0) is 14.5. The van der Waals surface area contributed by atoms with Crippen LogP contribution >= 0.6 is 11.6 Å². The van der Waals surface area contributed by atoms with Crippen molar-refractivity contribution >= 4 is 11.6 Å². The van der Waals surface area contributed by atoms with Crippen molar-refractivity contribution in [1.29, 1.82) is 0 Å². The van der Waals surface area contributed by atoms with Gasteiger partial charge < -0.3 is 5.32 Å². The molecule has 1 aromatic rings. The van der Waals surface area contributed by atoms with Crippen molar-refractivity contribution < 1.29 is 0 Å². The smallest absolute Gasteiger partial charge is 0.0834 e. The lowest BCUT2D eigenvalue weighted by Gasteiger charge is -2.34. The number of rotatable bonds is 6. The summed E-state index contributed by atoms with van der Waals surface area (Å²) < 4.78 is 1.95. The summed E-state index contributed by atoms with van der Waals surface area (Å²) in [7, 11) is 2.00. The van der Waals surface area contributed by atoms with Crippen molar-refractivity contribution in [3.8, 4) is 0 Å². The van der Waals surface area contributed by atoms with Crippen LogP contribution in [0.3, 0.4) is 0 Å². The lowest BCUT2D eigenvalue weighted by atomic mass is 9.77. The van der Waals surface area contributed by atoms with Crippen LogP contribution < -0.4 is 5.32 Å². The topological polar surface area (TPSA) is 29.9 Å². The Hall–Kier alpha value is -0.540. The third kappa shape index (κ3) is 3.56. The second-order valence-corrected chi connectivity index (χ2v) is 6.53. The maximum atomic E-state index is 6.37. The average molecular weight is 298 g/mol. The van der Waals surface area contributed by atoms with Gasteiger partial charge in [-0.15, -0.1) is 0 Å². The van der Waals surface area contributed by atoms with Crippen LogP contribution in [-0.2, 0) is 7.05 Å². The molecule has 0 spiro atoms. The van der Waals surface area contributed by atoms with Crippen LogP contribution in [0, 0.1) is 11.8 Å². The van der Waals surface area contributed by atoms with Crippen molar-refractivity contribution in [2.24, 2.45) is 18.9 Å². The minimum absolute atomic E-state index is 0.354. The second-order valence-electron chi connectivity index (χ2n) is 6.12. The Morgan fingerprint density at radius 1 is 1.35 bits per heavy atom. The first kappa shape index (κ1) is 15.8. The van der Waals surface area contributed by atoms with Crippen molar-refractivity contribution in [2.45, 2.75) is 58.4 Å². The number of nitrogens with zero attached hydrogens (tertiary/aromatic N) is 2. The van der Waals surface area contributed by atoms with Crippen LogP contribution in [0.25, 0.3) is 0 Å². The average Bonchev–Trinajstić information content (AvgIpc) is 2.80. The molecule has 4 heteroatoms. The minimum atomic E-state index is 0.354. The Morgan fingerprint density at radius 2 is 2.05 bits per heavy atom. The molecule has 20 heavy (non-hydrogen) atoms. The molecule has 0 aromatic carbocycles. The van der Waals surface area contributed by atoms with Gasteiger partial charge in [0, 0.05) is 7.05 Å². The molecule has 1 saturated carbocycles. The monoisotopic (exact) mass is 297 g/mol. The van der Waals surface area contributed by atoms with Crippen molar-refractivity contribution in [3.05, 3.63) is 16.9 Å². The molecular formula is C16H28ClN3. The zero-order valence-corrected chi connectivity index (χ0v) is 13.8. The van der Waals surface area contributed by atoms with Crippen molar-refractivity contribution in [3.63, 3.8) is 0 Å². The lowest BCUT2D eigenvalue weighted by Crippen LogP contribution is -2.33. The van der Waals surface area contributed by atoms with Gasteiger partial charge in [-0.05, 0) is 37.6 Å². The molecular weight excluding hydrogens is 270 g/mol. The molecule has 2 rings (SSSR count). The Bertz CT molecular complexity index is 388. The van der Waals surface area contributed by atoms with E-state index in [1.165, 1.54) is 37.8 Å². The van der Waals surface area contributed by atoms with Gasteiger partial charge in [-0.1, -0.05) is 44.7 Å². The molecule has 1 atom stereocenters. The van der Waals surface area contributed by atoms with E-state index in [-0.39, 0.29) is 0 Å². The van der Waals surface area contributed by atoms with E-state index >= 15 is 0 Å². The van der Waals surface area contributed by atoms with Gasteiger partial charge in [0.05, 0.1) is 23.0 Å². The standard InChI is InChI=1S/C16H28ClN3/c1-4-10-18-15(16-14(17)11-19-20(16)3)13-8-6-12(5-2)7-9-13/h11-13,15,18H,4-10H2,1-3H3. The van der Waals surface area contributed by atoms with Gasteiger partial charge in [-0.3, -0.25) is 4.68 Å². The van der Waals surface area contributed by atoms with E-state index in [1.54, 1.807) is 6.20 Å². The predicted molar refractivity (Wildman–Crippen MR) is 85.0 cm³/mol. The third-order valence-corrected chi connectivity index (χ3v) is 5.08. The van der Waals surface area contributed by atoms with E-state index in [2.05, 4.69) is 24.3 Å². The molecule has 1 fully saturated rings. The molecule has 1 heterocycles. The first-order valence-electron chi connectivity index (χ1n) is 8.08. The largest absolute Gasteiger partial charge is 0.308 e. The molecule has 0 bridgehead atoms. The molecule has 3 nitrogen and oxygen atoms in total. The summed E-state index contributed by atoms with van der Waals surface area (Å²) in [5.74, 6) is 1.62. The number of nitrogens with one attached hydrogen (secondary N) is 1. The highest BCUT2D eigenvalue weighted by Gasteiger charge is 2.30. The number of hydrogen-bond donors (Lipinski definition) is 1. The van der Waals surface area contributed by atoms with Gasteiger partial charge >= 0.3 is 0 Å². The molecule has 1 aliphatic rings. The fraction of sp³-hybridized carbons (Fsp3) is 0.812. The van der Waals surface area contributed by atoms with Gasteiger partial charge in [0.15, 0.2) is 0 Å². The first-order chi connectivity index (χ1) is 9.67. The highest BCUT2D eigenvalue weighted by Crippen LogP contribution is 2.39. The highest BCUT2D eigenvalue weighted by molar-refractivity contribution is 6.31. The Labute approximate surface area is 128 Å².